The predicted octanol–water partition coefficient (Wildman–Crippen LogP) is 18.5. The second-order valence-electron chi connectivity index (χ2n) is 26.1. The first kappa shape index (κ1) is 84.1. The number of hydrogen-bond donors (Lipinski definition) is 3. The van der Waals surface area contributed by atoms with Gasteiger partial charge < -0.3 is 33.8 Å². The SMILES string of the molecule is CC(C)CCCCCCCCCCCCCCCCC(=O)OC[C@H](COP(=O)(O)OC[C@@H](O)COP(=O)(O)OC[C@@H](COC(=O)CCCCCCCCC(C)C)OC(=O)CCCCCCCCCCC(C)C)OC(=O)CCCCCCCCC(C)C. The van der Waals surface area contributed by atoms with Crippen molar-refractivity contribution in [3.05, 3.63) is 0 Å². The summed E-state index contributed by atoms with van der Waals surface area (Å²) in [6.07, 6.45) is 38.0. The van der Waals surface area contributed by atoms with E-state index in [1.165, 1.54) is 122 Å². The average molecular weight is 1270 g/mol. The molecule has 0 fully saturated rings. The molecular formula is C67H130O17P2. The molecule has 0 aliphatic carbocycles. The number of hydrogen-bond acceptors (Lipinski definition) is 15. The second-order valence-corrected chi connectivity index (χ2v) is 29.0. The smallest absolute Gasteiger partial charge is 0.462 e. The van der Waals surface area contributed by atoms with E-state index in [-0.39, 0.29) is 25.7 Å². The van der Waals surface area contributed by atoms with Gasteiger partial charge in [-0.1, -0.05) is 274 Å². The number of carbonyl (C=O) groups is 4. The number of rotatable bonds is 64. The summed E-state index contributed by atoms with van der Waals surface area (Å²) in [5, 5.41) is 10.5. The van der Waals surface area contributed by atoms with E-state index in [4.69, 9.17) is 37.0 Å². The number of carbonyl (C=O) groups excluding carboxylic acids is 4. The molecule has 0 bridgehead atoms. The third-order valence-corrected chi connectivity index (χ3v) is 17.2. The monoisotopic (exact) mass is 1270 g/mol. The Morgan fingerprint density at radius 3 is 0.721 bits per heavy atom. The van der Waals surface area contributed by atoms with E-state index in [9.17, 15) is 43.2 Å². The summed E-state index contributed by atoms with van der Waals surface area (Å²) in [5.74, 6) is 0.725. The van der Waals surface area contributed by atoms with Crippen LogP contribution in [0.15, 0.2) is 0 Å². The summed E-state index contributed by atoms with van der Waals surface area (Å²) < 4.78 is 68.0. The second kappa shape index (κ2) is 57.0. The quantitative estimate of drug-likeness (QED) is 0.0222. The highest BCUT2D eigenvalue weighted by molar-refractivity contribution is 7.47. The Bertz CT molecular complexity index is 1710. The molecule has 510 valence electrons. The molecule has 0 saturated heterocycles. The molecule has 17 nitrogen and oxygen atoms in total. The van der Waals surface area contributed by atoms with Gasteiger partial charge in [-0.2, -0.15) is 0 Å². The fraction of sp³-hybridized carbons (Fsp3) is 0.940. The largest absolute Gasteiger partial charge is 0.472 e. The summed E-state index contributed by atoms with van der Waals surface area (Å²) in [6.45, 7) is 13.9. The van der Waals surface area contributed by atoms with Crippen LogP contribution in [0, 0.1) is 23.7 Å². The van der Waals surface area contributed by atoms with Gasteiger partial charge in [0.15, 0.2) is 12.2 Å². The minimum atomic E-state index is -4.95. The minimum absolute atomic E-state index is 0.102. The Labute approximate surface area is 524 Å². The van der Waals surface area contributed by atoms with E-state index >= 15 is 0 Å². The molecule has 3 N–H and O–H groups in total. The zero-order valence-corrected chi connectivity index (χ0v) is 57.7. The van der Waals surface area contributed by atoms with Crippen molar-refractivity contribution < 1.29 is 80.2 Å². The number of ether oxygens (including phenoxy) is 4. The standard InChI is InChI=1S/C67H130O17P2/c1-57(2)43-35-27-19-15-13-11-9-10-12-14-16-21-31-39-47-64(69)77-53-63(84-67(72)50-42-34-26-24-30-38-46-60(7)8)56-82-86(75,76)80-52-61(68)51-79-85(73,74)81-55-62(54-78-65(70)48-40-32-25-23-29-37-45-59(5)6)83-66(71)49-41-33-22-18-17-20-28-36-44-58(3)4/h57-63,68H,9-56H2,1-8H3,(H,73,74)(H,75,76)/t61-,62+,63+/m0/s1. The lowest BCUT2D eigenvalue weighted by Gasteiger charge is -2.21. The molecule has 0 aromatic heterocycles. The average Bonchev–Trinajstić information content (AvgIpc) is 3.66. The molecule has 0 rings (SSSR count). The number of aliphatic hydroxyl groups excluding tert-OH is 1. The molecule has 0 heterocycles. The molecular weight excluding hydrogens is 1140 g/mol. The Morgan fingerprint density at radius 1 is 0.291 bits per heavy atom. The van der Waals surface area contributed by atoms with Crippen molar-refractivity contribution in [3.63, 3.8) is 0 Å². The zero-order valence-electron chi connectivity index (χ0n) is 55.9. The van der Waals surface area contributed by atoms with Gasteiger partial charge in [0.25, 0.3) is 0 Å². The predicted molar refractivity (Wildman–Crippen MR) is 344 cm³/mol. The minimum Gasteiger partial charge on any atom is -0.462 e. The number of esters is 4. The van der Waals surface area contributed by atoms with Crippen molar-refractivity contribution in [2.45, 2.75) is 343 Å². The highest BCUT2D eigenvalue weighted by atomic mass is 31.2. The van der Waals surface area contributed by atoms with E-state index in [2.05, 4.69) is 55.4 Å². The highest BCUT2D eigenvalue weighted by Gasteiger charge is 2.30. The van der Waals surface area contributed by atoms with Crippen molar-refractivity contribution in [1.82, 2.24) is 0 Å². The van der Waals surface area contributed by atoms with Crippen LogP contribution in [-0.4, -0.2) is 96.7 Å². The zero-order chi connectivity index (χ0) is 63.9. The topological polar surface area (TPSA) is 237 Å². The van der Waals surface area contributed by atoms with Crippen molar-refractivity contribution in [2.24, 2.45) is 23.7 Å². The Hall–Kier alpha value is -1.94. The Balaban J connectivity index is 5.17. The third kappa shape index (κ3) is 60.9. The van der Waals surface area contributed by atoms with Crippen LogP contribution in [0.4, 0.5) is 0 Å². The Kier molecular flexibility index (Phi) is 55.7. The maximum absolute atomic E-state index is 13.0. The molecule has 0 saturated carbocycles. The molecule has 0 spiro atoms. The van der Waals surface area contributed by atoms with Gasteiger partial charge in [-0.25, -0.2) is 9.13 Å². The fourth-order valence-electron chi connectivity index (χ4n) is 9.96. The van der Waals surface area contributed by atoms with Crippen molar-refractivity contribution in [2.75, 3.05) is 39.6 Å². The Morgan fingerprint density at radius 2 is 0.488 bits per heavy atom. The van der Waals surface area contributed by atoms with Gasteiger partial charge in [0.1, 0.15) is 19.3 Å². The first-order valence-corrected chi connectivity index (χ1v) is 37.7. The molecule has 19 heteroatoms. The molecule has 0 aromatic carbocycles. The van der Waals surface area contributed by atoms with Crippen LogP contribution in [-0.2, 0) is 65.4 Å². The first-order chi connectivity index (χ1) is 41.1. The van der Waals surface area contributed by atoms with E-state index in [0.717, 1.165) is 108 Å². The molecule has 5 atom stereocenters. The van der Waals surface area contributed by atoms with E-state index in [1.807, 2.05) is 0 Å². The third-order valence-electron chi connectivity index (χ3n) is 15.3. The van der Waals surface area contributed by atoms with Gasteiger partial charge in [0, 0.05) is 25.7 Å². The van der Waals surface area contributed by atoms with Crippen LogP contribution in [0.5, 0.6) is 0 Å². The van der Waals surface area contributed by atoms with Crippen LogP contribution >= 0.6 is 15.6 Å². The van der Waals surface area contributed by atoms with Gasteiger partial charge in [-0.3, -0.25) is 37.3 Å². The molecule has 0 radical (unpaired) electrons. The van der Waals surface area contributed by atoms with Crippen LogP contribution in [0.25, 0.3) is 0 Å². The van der Waals surface area contributed by atoms with Crippen LogP contribution < -0.4 is 0 Å². The summed E-state index contributed by atoms with van der Waals surface area (Å²) in [5.41, 5.74) is 0. The molecule has 86 heavy (non-hydrogen) atoms. The van der Waals surface area contributed by atoms with Crippen molar-refractivity contribution in [1.29, 1.82) is 0 Å². The molecule has 0 aliphatic rings. The van der Waals surface area contributed by atoms with Gasteiger partial charge in [-0.05, 0) is 49.4 Å². The summed E-state index contributed by atoms with van der Waals surface area (Å²) >= 11 is 0. The first-order valence-electron chi connectivity index (χ1n) is 34.7. The number of unbranched alkanes of at least 4 members (excludes halogenated alkanes) is 30. The van der Waals surface area contributed by atoms with E-state index < -0.39 is 97.5 Å². The summed E-state index contributed by atoms with van der Waals surface area (Å²) in [6, 6.07) is 0. The van der Waals surface area contributed by atoms with Crippen LogP contribution in [0.1, 0.15) is 325 Å². The number of phosphoric acid groups is 2. The van der Waals surface area contributed by atoms with E-state index in [0.29, 0.717) is 37.5 Å². The maximum Gasteiger partial charge on any atom is 0.472 e. The van der Waals surface area contributed by atoms with Crippen molar-refractivity contribution in [3.8, 4) is 0 Å². The van der Waals surface area contributed by atoms with E-state index in [1.54, 1.807) is 0 Å². The van der Waals surface area contributed by atoms with Gasteiger partial charge in [-0.15, -0.1) is 0 Å². The van der Waals surface area contributed by atoms with Gasteiger partial charge >= 0.3 is 39.5 Å². The van der Waals surface area contributed by atoms with Crippen molar-refractivity contribution >= 4 is 39.5 Å². The van der Waals surface area contributed by atoms with Gasteiger partial charge in [0.2, 0.25) is 0 Å². The maximum atomic E-state index is 13.0. The lowest BCUT2D eigenvalue weighted by Crippen LogP contribution is -2.30. The van der Waals surface area contributed by atoms with Crippen LogP contribution in [0.2, 0.25) is 0 Å². The van der Waals surface area contributed by atoms with Crippen LogP contribution in [0.3, 0.4) is 0 Å². The summed E-state index contributed by atoms with van der Waals surface area (Å²) in [4.78, 5) is 72.3. The fourth-order valence-corrected chi connectivity index (χ4v) is 11.5. The normalized spacial score (nSPS) is 14.4. The molecule has 0 amide bonds. The highest BCUT2D eigenvalue weighted by Crippen LogP contribution is 2.45. The number of phosphoric ester groups is 2. The molecule has 0 aromatic rings. The number of aliphatic hydroxyl groups is 1. The van der Waals surface area contributed by atoms with Gasteiger partial charge in [0.05, 0.1) is 26.4 Å². The lowest BCUT2D eigenvalue weighted by molar-refractivity contribution is -0.161. The molecule has 2 unspecified atom stereocenters. The molecule has 0 aliphatic heterocycles. The lowest BCUT2D eigenvalue weighted by atomic mass is 10.0. The summed E-state index contributed by atoms with van der Waals surface area (Å²) in [7, 11) is -9.89.